The second-order valence-electron chi connectivity index (χ2n) is 17.5. The standard InChI is InChI=1S/C40H54N8O6/c1-37(2,3)53-35(51)45-39(7,8)33(49)47-19-11-13-29(47)31-41-25-17-15-23(21-27(25)43-31)24-16-18-26-28(22-24)44-32(42-26)30-14-12-20-48(30)34(50)40(9,10)46-36(52)54-38(4,5)6/h15-18,21-22,29-30H,11-14,19-20H2,1-10H3,(H,41,43)(H,42,44)(H,45,51)(H,46,52)/t29-,30-/m0/s1. The Hall–Kier alpha value is -5.14. The number of H-pyrrole nitrogens is 2. The molecule has 14 nitrogen and oxygen atoms in total. The molecule has 0 radical (unpaired) electrons. The zero-order valence-corrected chi connectivity index (χ0v) is 33.1. The van der Waals surface area contributed by atoms with Gasteiger partial charge in [0, 0.05) is 13.1 Å². The summed E-state index contributed by atoms with van der Waals surface area (Å²) in [6, 6.07) is 11.6. The summed E-state index contributed by atoms with van der Waals surface area (Å²) in [6.45, 7) is 18.6. The van der Waals surface area contributed by atoms with E-state index in [1.165, 1.54) is 0 Å². The number of benzene rings is 2. The van der Waals surface area contributed by atoms with E-state index in [2.05, 4.69) is 20.6 Å². The number of hydrogen-bond acceptors (Lipinski definition) is 8. The minimum Gasteiger partial charge on any atom is -0.444 e. The molecule has 54 heavy (non-hydrogen) atoms. The molecule has 4 amide bonds. The third-order valence-corrected chi connectivity index (χ3v) is 9.69. The zero-order chi connectivity index (χ0) is 39.4. The highest BCUT2D eigenvalue weighted by Gasteiger charge is 2.42. The van der Waals surface area contributed by atoms with Crippen molar-refractivity contribution in [3.63, 3.8) is 0 Å². The van der Waals surface area contributed by atoms with Crippen LogP contribution in [0.2, 0.25) is 0 Å². The zero-order valence-electron chi connectivity index (χ0n) is 33.1. The number of likely N-dealkylation sites (tertiary alicyclic amines) is 2. The number of ether oxygens (including phenoxy) is 2. The number of rotatable bonds is 7. The number of aromatic amines is 2. The van der Waals surface area contributed by atoms with E-state index in [1.54, 1.807) is 79.0 Å². The Bertz CT molecular complexity index is 1940. The highest BCUT2D eigenvalue weighted by molar-refractivity contribution is 5.91. The van der Waals surface area contributed by atoms with Crippen molar-refractivity contribution < 1.29 is 28.7 Å². The molecule has 2 aliphatic rings. The lowest BCUT2D eigenvalue weighted by molar-refractivity contribution is -0.138. The van der Waals surface area contributed by atoms with E-state index in [9.17, 15) is 19.2 Å². The van der Waals surface area contributed by atoms with Gasteiger partial charge in [-0.1, -0.05) is 12.1 Å². The topological polar surface area (TPSA) is 175 Å². The van der Waals surface area contributed by atoms with E-state index in [0.29, 0.717) is 24.7 Å². The third kappa shape index (κ3) is 8.32. The Kier molecular flexibility index (Phi) is 9.95. The normalized spacial score (nSPS) is 18.3. The van der Waals surface area contributed by atoms with Crippen LogP contribution in [0.1, 0.15) is 119 Å². The van der Waals surface area contributed by atoms with Crippen LogP contribution in [0.5, 0.6) is 0 Å². The molecule has 2 aliphatic heterocycles. The minimum absolute atomic E-state index is 0.199. The van der Waals surface area contributed by atoms with Gasteiger partial charge in [-0.3, -0.25) is 9.59 Å². The van der Waals surface area contributed by atoms with Gasteiger partial charge >= 0.3 is 12.2 Å². The molecule has 14 heteroatoms. The smallest absolute Gasteiger partial charge is 0.408 e. The first-order chi connectivity index (χ1) is 25.1. The molecular weight excluding hydrogens is 688 g/mol. The molecule has 4 heterocycles. The number of carbonyl (C=O) groups is 4. The Morgan fingerprint density at radius 3 is 1.35 bits per heavy atom. The van der Waals surface area contributed by atoms with Gasteiger partial charge in [-0.05, 0) is 130 Å². The monoisotopic (exact) mass is 742 g/mol. The molecule has 0 bridgehead atoms. The maximum absolute atomic E-state index is 13.7. The summed E-state index contributed by atoms with van der Waals surface area (Å²) in [7, 11) is 0. The van der Waals surface area contributed by atoms with Crippen LogP contribution in [-0.4, -0.2) is 89.1 Å². The van der Waals surface area contributed by atoms with Crippen LogP contribution in [0.3, 0.4) is 0 Å². The number of nitrogens with one attached hydrogen (secondary N) is 4. The SMILES string of the molecule is CC(C)(C)OC(=O)NC(C)(C)C(=O)N1CCC[C@H]1c1nc2cc(-c3ccc4[nH]c([C@@H]5CCCN5C(=O)C(C)(C)NC(=O)OC(C)(C)C)nc4c3)ccc2[nH]1. The maximum Gasteiger partial charge on any atom is 0.408 e. The molecule has 0 spiro atoms. The van der Waals surface area contributed by atoms with Gasteiger partial charge in [-0.2, -0.15) is 0 Å². The van der Waals surface area contributed by atoms with Crippen molar-refractivity contribution in [1.82, 2.24) is 40.4 Å². The first-order valence-corrected chi connectivity index (χ1v) is 18.7. The summed E-state index contributed by atoms with van der Waals surface area (Å²) in [6.07, 6.45) is 1.87. The van der Waals surface area contributed by atoms with Crippen molar-refractivity contribution in [1.29, 1.82) is 0 Å². The Morgan fingerprint density at radius 2 is 1.00 bits per heavy atom. The number of nitrogens with zero attached hydrogens (tertiary/aromatic N) is 4. The average Bonchev–Trinajstić information content (AvgIpc) is 3.85. The second-order valence-corrected chi connectivity index (χ2v) is 17.5. The number of carbonyl (C=O) groups excluding carboxylic acids is 4. The van der Waals surface area contributed by atoms with E-state index in [4.69, 9.17) is 19.4 Å². The van der Waals surface area contributed by atoms with E-state index < -0.39 is 34.5 Å². The largest absolute Gasteiger partial charge is 0.444 e. The van der Waals surface area contributed by atoms with Crippen LogP contribution in [-0.2, 0) is 19.1 Å². The summed E-state index contributed by atoms with van der Waals surface area (Å²) in [5.41, 5.74) is 1.49. The van der Waals surface area contributed by atoms with Crippen molar-refractivity contribution in [2.24, 2.45) is 0 Å². The predicted molar refractivity (Wildman–Crippen MR) is 205 cm³/mol. The lowest BCUT2D eigenvalue weighted by atomic mass is 10.0. The average molecular weight is 743 g/mol. The third-order valence-electron chi connectivity index (χ3n) is 9.69. The Morgan fingerprint density at radius 1 is 0.630 bits per heavy atom. The highest BCUT2D eigenvalue weighted by atomic mass is 16.6. The molecule has 2 aromatic heterocycles. The maximum atomic E-state index is 13.7. The quantitative estimate of drug-likeness (QED) is 0.156. The molecule has 0 unspecified atom stereocenters. The van der Waals surface area contributed by atoms with Crippen LogP contribution in [0, 0.1) is 0 Å². The van der Waals surface area contributed by atoms with E-state index in [0.717, 1.165) is 58.9 Å². The summed E-state index contributed by atoms with van der Waals surface area (Å²) < 4.78 is 10.8. The van der Waals surface area contributed by atoms with Gasteiger partial charge in [0.15, 0.2) is 0 Å². The predicted octanol–water partition coefficient (Wildman–Crippen LogP) is 7.04. The van der Waals surface area contributed by atoms with Crippen molar-refractivity contribution in [2.75, 3.05) is 13.1 Å². The Labute approximate surface area is 316 Å². The molecule has 2 atom stereocenters. The van der Waals surface area contributed by atoms with E-state index in [-0.39, 0.29) is 23.9 Å². The van der Waals surface area contributed by atoms with E-state index in [1.807, 2.05) is 36.4 Å². The van der Waals surface area contributed by atoms with Crippen LogP contribution in [0.15, 0.2) is 36.4 Å². The molecule has 2 fully saturated rings. The van der Waals surface area contributed by atoms with Crippen LogP contribution < -0.4 is 10.6 Å². The first-order valence-electron chi connectivity index (χ1n) is 18.7. The van der Waals surface area contributed by atoms with Gasteiger partial charge in [-0.15, -0.1) is 0 Å². The molecule has 290 valence electrons. The fourth-order valence-corrected chi connectivity index (χ4v) is 7.26. The van der Waals surface area contributed by atoms with Crippen LogP contribution in [0.4, 0.5) is 9.59 Å². The van der Waals surface area contributed by atoms with Crippen LogP contribution >= 0.6 is 0 Å². The lowest BCUT2D eigenvalue weighted by Crippen LogP contribution is -2.56. The van der Waals surface area contributed by atoms with Gasteiger partial charge < -0.3 is 39.9 Å². The second kappa shape index (κ2) is 13.9. The minimum atomic E-state index is -1.17. The van der Waals surface area contributed by atoms with Crippen molar-refractivity contribution in [2.45, 2.75) is 129 Å². The molecule has 4 N–H and O–H groups in total. The number of amides is 4. The van der Waals surface area contributed by atoms with E-state index >= 15 is 0 Å². The number of alkyl carbamates (subject to hydrolysis) is 2. The molecule has 6 rings (SSSR count). The van der Waals surface area contributed by atoms with Gasteiger partial charge in [0.05, 0.1) is 34.2 Å². The van der Waals surface area contributed by atoms with Gasteiger partial charge in [0.1, 0.15) is 33.9 Å². The number of imidazole rings is 2. The molecule has 0 aliphatic carbocycles. The highest BCUT2D eigenvalue weighted by Crippen LogP contribution is 2.36. The fraction of sp³-hybridized carbons (Fsp3) is 0.550. The molecule has 0 saturated carbocycles. The van der Waals surface area contributed by atoms with Crippen LogP contribution in [0.25, 0.3) is 33.2 Å². The van der Waals surface area contributed by atoms with Crippen molar-refractivity contribution in [3.8, 4) is 11.1 Å². The Balaban J connectivity index is 1.18. The van der Waals surface area contributed by atoms with Crippen molar-refractivity contribution in [3.05, 3.63) is 48.0 Å². The summed E-state index contributed by atoms with van der Waals surface area (Å²) in [5.74, 6) is 1.01. The summed E-state index contributed by atoms with van der Waals surface area (Å²) >= 11 is 0. The number of aromatic nitrogens is 4. The summed E-state index contributed by atoms with van der Waals surface area (Å²) in [5, 5.41) is 5.49. The lowest BCUT2D eigenvalue weighted by Gasteiger charge is -2.33. The molecular formula is C40H54N8O6. The summed E-state index contributed by atoms with van der Waals surface area (Å²) in [4.78, 5) is 72.9. The van der Waals surface area contributed by atoms with Crippen molar-refractivity contribution >= 4 is 46.1 Å². The molecule has 2 aromatic carbocycles. The number of hydrogen-bond donors (Lipinski definition) is 4. The fourth-order valence-electron chi connectivity index (χ4n) is 7.26. The molecule has 4 aromatic rings. The number of fused-ring (bicyclic) bond motifs is 2. The van der Waals surface area contributed by atoms with Gasteiger partial charge in [-0.25, -0.2) is 19.6 Å². The first kappa shape index (κ1) is 38.6. The van der Waals surface area contributed by atoms with Gasteiger partial charge in [0.25, 0.3) is 0 Å². The van der Waals surface area contributed by atoms with Gasteiger partial charge in [0.2, 0.25) is 11.8 Å². The molecule has 2 saturated heterocycles.